The van der Waals surface area contributed by atoms with Gasteiger partial charge in [0.2, 0.25) is 5.91 Å². The average Bonchev–Trinajstić information content (AvgIpc) is 2.96. The van der Waals surface area contributed by atoms with Gasteiger partial charge in [0, 0.05) is 6.54 Å². The molecule has 0 aromatic carbocycles. The molecule has 0 radical (unpaired) electrons. The maximum atomic E-state index is 12.1. The molecule has 2 aromatic rings. The molecular formula is C13H17BrN6O3. The van der Waals surface area contributed by atoms with Crippen molar-refractivity contribution >= 4 is 27.5 Å². The zero-order valence-electron chi connectivity index (χ0n) is 13.0. The van der Waals surface area contributed by atoms with Crippen LogP contribution in [-0.2, 0) is 24.4 Å². The molecule has 0 fully saturated rings. The van der Waals surface area contributed by atoms with Gasteiger partial charge in [-0.2, -0.15) is 10.2 Å². The minimum absolute atomic E-state index is 0.0513. The maximum absolute atomic E-state index is 12.1. The summed E-state index contributed by atoms with van der Waals surface area (Å²) < 4.78 is 3.94. The topological polar surface area (TPSA) is 108 Å². The maximum Gasteiger partial charge on any atom is 0.312 e. The van der Waals surface area contributed by atoms with Crippen molar-refractivity contribution in [1.82, 2.24) is 24.9 Å². The predicted molar refractivity (Wildman–Crippen MR) is 85.8 cm³/mol. The lowest BCUT2D eigenvalue weighted by atomic mass is 10.3. The van der Waals surface area contributed by atoms with E-state index < -0.39 is 4.92 Å². The molecule has 10 heteroatoms. The van der Waals surface area contributed by atoms with Crippen LogP contribution in [0.5, 0.6) is 0 Å². The van der Waals surface area contributed by atoms with E-state index in [2.05, 4.69) is 31.4 Å². The van der Waals surface area contributed by atoms with Crippen LogP contribution in [0, 0.1) is 24.0 Å². The lowest BCUT2D eigenvalue weighted by Gasteiger charge is -2.08. The lowest BCUT2D eigenvalue weighted by molar-refractivity contribution is -0.386. The molecule has 0 aliphatic carbocycles. The predicted octanol–water partition coefficient (Wildman–Crippen LogP) is 1.70. The Kier molecular flexibility index (Phi) is 5.14. The zero-order chi connectivity index (χ0) is 17.1. The van der Waals surface area contributed by atoms with Gasteiger partial charge in [-0.3, -0.25) is 24.3 Å². The molecule has 0 aliphatic rings. The third kappa shape index (κ3) is 3.58. The van der Waals surface area contributed by atoms with Gasteiger partial charge in [-0.25, -0.2) is 0 Å². The number of carbonyl (C=O) groups is 1. The molecule has 0 saturated carbocycles. The van der Waals surface area contributed by atoms with Gasteiger partial charge in [-0.05, 0) is 36.7 Å². The summed E-state index contributed by atoms with van der Waals surface area (Å²) in [6.07, 6.45) is 1.68. The van der Waals surface area contributed by atoms with Crippen molar-refractivity contribution in [3.8, 4) is 0 Å². The lowest BCUT2D eigenvalue weighted by Crippen LogP contribution is -2.29. The first-order valence-corrected chi connectivity index (χ1v) is 7.79. The van der Waals surface area contributed by atoms with Crippen LogP contribution < -0.4 is 5.32 Å². The van der Waals surface area contributed by atoms with Gasteiger partial charge in [-0.15, -0.1) is 0 Å². The quantitative estimate of drug-likeness (QED) is 0.602. The number of nitrogens with one attached hydrogen (secondary N) is 1. The first-order chi connectivity index (χ1) is 10.8. The molecule has 2 aromatic heterocycles. The van der Waals surface area contributed by atoms with Gasteiger partial charge >= 0.3 is 5.69 Å². The molecule has 124 valence electrons. The number of amides is 1. The van der Waals surface area contributed by atoms with Gasteiger partial charge in [-0.1, -0.05) is 0 Å². The molecular weight excluding hydrogens is 368 g/mol. The Balaban J connectivity index is 2.05. The highest BCUT2D eigenvalue weighted by Gasteiger charge is 2.22. The first kappa shape index (κ1) is 17.1. The molecule has 1 amide bonds. The number of hydrogen-bond acceptors (Lipinski definition) is 5. The van der Waals surface area contributed by atoms with Gasteiger partial charge in [0.25, 0.3) is 0 Å². The van der Waals surface area contributed by atoms with E-state index in [1.165, 1.54) is 4.68 Å². The highest BCUT2D eigenvalue weighted by Crippen LogP contribution is 2.21. The van der Waals surface area contributed by atoms with Crippen molar-refractivity contribution in [3.05, 3.63) is 37.9 Å². The molecule has 0 bridgehead atoms. The largest absolute Gasteiger partial charge is 0.349 e. The Morgan fingerprint density at radius 2 is 2.13 bits per heavy atom. The summed E-state index contributed by atoms with van der Waals surface area (Å²) in [4.78, 5) is 22.6. The second-order valence-corrected chi connectivity index (χ2v) is 5.82. The van der Waals surface area contributed by atoms with Crippen molar-refractivity contribution in [2.75, 3.05) is 0 Å². The number of aromatic nitrogens is 4. The summed E-state index contributed by atoms with van der Waals surface area (Å²) in [5.41, 5.74) is 1.47. The minimum atomic E-state index is -0.483. The molecule has 0 saturated heterocycles. The van der Waals surface area contributed by atoms with Gasteiger partial charge < -0.3 is 5.32 Å². The van der Waals surface area contributed by atoms with E-state index in [1.54, 1.807) is 24.7 Å². The van der Waals surface area contributed by atoms with E-state index in [0.717, 1.165) is 10.2 Å². The molecule has 0 unspecified atom stereocenters. The Hall–Kier alpha value is -2.23. The summed E-state index contributed by atoms with van der Waals surface area (Å²) in [5, 5.41) is 22.0. The van der Waals surface area contributed by atoms with E-state index in [1.807, 2.05) is 6.92 Å². The number of halogens is 1. The number of aryl methyl sites for hydroxylation is 2. The van der Waals surface area contributed by atoms with E-state index in [-0.39, 0.29) is 18.1 Å². The Labute approximate surface area is 140 Å². The fourth-order valence-corrected chi connectivity index (χ4v) is 2.75. The molecule has 23 heavy (non-hydrogen) atoms. The van der Waals surface area contributed by atoms with E-state index in [0.29, 0.717) is 24.5 Å². The fourth-order valence-electron chi connectivity index (χ4n) is 2.32. The second kappa shape index (κ2) is 6.90. The first-order valence-electron chi connectivity index (χ1n) is 7.00. The van der Waals surface area contributed by atoms with Crippen LogP contribution in [0.2, 0.25) is 0 Å². The summed E-state index contributed by atoms with van der Waals surface area (Å²) in [5.74, 6) is -0.277. The van der Waals surface area contributed by atoms with E-state index >= 15 is 0 Å². The highest BCUT2D eigenvalue weighted by molar-refractivity contribution is 9.10. The summed E-state index contributed by atoms with van der Waals surface area (Å²) >= 11 is 3.39. The summed E-state index contributed by atoms with van der Waals surface area (Å²) in [6, 6.07) is 0. The molecule has 0 spiro atoms. The smallest absolute Gasteiger partial charge is 0.312 e. The van der Waals surface area contributed by atoms with Crippen LogP contribution >= 0.6 is 15.9 Å². The molecule has 2 rings (SSSR count). The molecule has 0 aliphatic heterocycles. The minimum Gasteiger partial charge on any atom is -0.349 e. The zero-order valence-corrected chi connectivity index (χ0v) is 14.6. The van der Waals surface area contributed by atoms with Crippen molar-refractivity contribution in [2.45, 2.75) is 40.4 Å². The summed E-state index contributed by atoms with van der Waals surface area (Å²) in [6.45, 7) is 6.03. The SMILES string of the molecule is CCn1ncc(Br)c1CNC(=O)Cn1nc(C)c([N+](=O)[O-])c1C. The number of rotatable bonds is 6. The molecule has 9 nitrogen and oxygen atoms in total. The van der Waals surface area contributed by atoms with Crippen molar-refractivity contribution in [1.29, 1.82) is 0 Å². The number of nitro groups is 1. The Morgan fingerprint density at radius 1 is 1.43 bits per heavy atom. The normalized spacial score (nSPS) is 10.8. The third-order valence-corrected chi connectivity index (χ3v) is 4.13. The fraction of sp³-hybridized carbons (Fsp3) is 0.462. The van der Waals surface area contributed by atoms with Crippen LogP contribution in [-0.4, -0.2) is 30.4 Å². The van der Waals surface area contributed by atoms with Crippen molar-refractivity contribution < 1.29 is 9.72 Å². The summed E-state index contributed by atoms with van der Waals surface area (Å²) in [7, 11) is 0. The average molecular weight is 385 g/mol. The molecule has 0 atom stereocenters. The van der Waals surface area contributed by atoms with E-state index in [4.69, 9.17) is 0 Å². The van der Waals surface area contributed by atoms with Gasteiger partial charge in [0.1, 0.15) is 17.9 Å². The molecule has 2 heterocycles. The van der Waals surface area contributed by atoms with Crippen LogP contribution in [0.4, 0.5) is 5.69 Å². The number of carbonyl (C=O) groups excluding carboxylic acids is 1. The Morgan fingerprint density at radius 3 is 2.70 bits per heavy atom. The van der Waals surface area contributed by atoms with Crippen LogP contribution in [0.25, 0.3) is 0 Å². The highest BCUT2D eigenvalue weighted by atomic mass is 79.9. The second-order valence-electron chi connectivity index (χ2n) is 4.97. The van der Waals surface area contributed by atoms with Crippen LogP contribution in [0.15, 0.2) is 10.7 Å². The number of nitrogens with zero attached hydrogens (tertiary/aromatic N) is 5. The van der Waals surface area contributed by atoms with Crippen molar-refractivity contribution in [3.63, 3.8) is 0 Å². The van der Waals surface area contributed by atoms with Crippen molar-refractivity contribution in [2.24, 2.45) is 0 Å². The standard InChI is InChI=1S/C13H17BrN6O3/c1-4-18-11(10(14)5-16-18)6-15-12(21)7-19-9(3)13(20(22)23)8(2)17-19/h5H,4,6-7H2,1-3H3,(H,15,21). The monoisotopic (exact) mass is 384 g/mol. The van der Waals surface area contributed by atoms with E-state index in [9.17, 15) is 14.9 Å². The van der Waals surface area contributed by atoms with Crippen LogP contribution in [0.1, 0.15) is 24.0 Å². The van der Waals surface area contributed by atoms with Crippen LogP contribution in [0.3, 0.4) is 0 Å². The van der Waals surface area contributed by atoms with Gasteiger partial charge in [0.05, 0.1) is 27.8 Å². The van der Waals surface area contributed by atoms with Gasteiger partial charge in [0.15, 0.2) is 0 Å². The third-order valence-electron chi connectivity index (χ3n) is 3.47. The Bertz CT molecular complexity index is 751. The molecule has 1 N–H and O–H groups in total. The number of hydrogen-bond donors (Lipinski definition) is 1.